The molecule has 6 heterocycles. The molecule has 430 valence electrons. The van der Waals surface area contributed by atoms with Gasteiger partial charge in [-0.1, -0.05) is 149 Å². The summed E-state index contributed by atoms with van der Waals surface area (Å²) in [5.41, 5.74) is 20.6. The average Bonchev–Trinajstić information content (AvgIpc) is 4.14. The van der Waals surface area contributed by atoms with Gasteiger partial charge in [0.2, 0.25) is 0 Å². The summed E-state index contributed by atoms with van der Waals surface area (Å²) in [4.78, 5) is 29.5. The molecule has 0 radical (unpaired) electrons. The van der Waals surface area contributed by atoms with E-state index in [0.717, 1.165) is 114 Å². The van der Waals surface area contributed by atoms with Crippen LogP contribution in [0.15, 0.2) is 238 Å². The summed E-state index contributed by atoms with van der Waals surface area (Å²) in [6.07, 6.45) is 41.5. The number of allylic oxidation sites excluding steroid dienone is 28. The van der Waals surface area contributed by atoms with Gasteiger partial charge in [-0.2, -0.15) is 0 Å². The minimum absolute atomic E-state index is 0.0177. The molecule has 0 amide bonds. The van der Waals surface area contributed by atoms with Gasteiger partial charge < -0.3 is 25.0 Å². The first-order valence-electron chi connectivity index (χ1n) is 29.8. The molecule has 8 bridgehead atoms. The molecule has 7 atom stereocenters. The predicted octanol–water partition coefficient (Wildman–Crippen LogP) is 16.8. The molecule has 5 unspecified atom stereocenters. The summed E-state index contributed by atoms with van der Waals surface area (Å²) in [6, 6.07) is 0. The number of hydrogen-bond donors (Lipinski definition) is 3. The molecule has 3 N–H and O–H groups in total. The highest BCUT2D eigenvalue weighted by molar-refractivity contribution is 6.21. The zero-order chi connectivity index (χ0) is 59.2. The number of nitrogens with zero attached hydrogens (tertiary/aromatic N) is 3. The van der Waals surface area contributed by atoms with Crippen molar-refractivity contribution in [2.45, 2.75) is 173 Å². The van der Waals surface area contributed by atoms with E-state index in [9.17, 15) is 15.0 Å². The van der Waals surface area contributed by atoms with Crippen LogP contribution in [0.3, 0.4) is 0 Å². The standard InChI is InChI=1S/C73H88N4O5/c1-17-53-47(8)58-35-60-49(10)55(69(76-60)56-34-64(79)68-50(11)61(77-70(56)68)37-63-54(18-2)48(9)59(75-63)36-62(53)74-58)30-32-67(80)81-52-33-46(7)57(71(12,13)41-52)31-29-44(5)26-21-25-42(3)23-19-20-24-43(4)27-22-28-45(6)65-38-66-72(14,15)39-51(78)40-73(66,16)82-65/h17,19-29,31,33,35-38,49,51-52,55,57,65,76,78-79H,1,18,30,32,34,39-41H2,2-16H3/b20-19+,25-21+,27-22+,31-29+,42-23+,43-24+,44-26+,45-28+,60-35?,62-36?,63-37?,69-56?/t49?,51-,52+,55?,57?,65?,73?/m0/s1. The van der Waals surface area contributed by atoms with Crippen LogP contribution in [0.1, 0.15) is 149 Å². The summed E-state index contributed by atoms with van der Waals surface area (Å²) in [6.45, 7) is 36.4. The fraction of sp³-hybridized carbons (Fsp3) is 0.425. The predicted molar refractivity (Wildman–Crippen MR) is 339 cm³/mol. The lowest BCUT2D eigenvalue weighted by atomic mass is 9.65. The molecule has 2 fully saturated rings. The van der Waals surface area contributed by atoms with Crippen LogP contribution < -0.4 is 5.32 Å². The number of nitrogens with one attached hydrogen (secondary N) is 1. The number of ether oxygens (including phenoxy) is 2. The molecule has 0 spiro atoms. The molecule has 3 aliphatic carbocycles. The van der Waals surface area contributed by atoms with Crippen LogP contribution in [-0.2, 0) is 14.3 Å². The van der Waals surface area contributed by atoms with E-state index in [1.807, 2.05) is 13.0 Å². The Bertz CT molecular complexity index is 3440. The topological polar surface area (TPSA) is 125 Å². The van der Waals surface area contributed by atoms with Crippen LogP contribution >= 0.6 is 0 Å². The van der Waals surface area contributed by atoms with Crippen molar-refractivity contribution >= 4 is 23.1 Å². The second-order valence-corrected chi connectivity index (χ2v) is 25.8. The maximum absolute atomic E-state index is 14.0. The van der Waals surface area contributed by atoms with Crippen LogP contribution in [0.5, 0.6) is 0 Å². The molecule has 0 aromatic carbocycles. The Hall–Kier alpha value is -6.94. The molecule has 82 heavy (non-hydrogen) atoms. The maximum atomic E-state index is 14.0. The number of carbonyl (C=O) groups is 1. The third kappa shape index (κ3) is 12.2. The maximum Gasteiger partial charge on any atom is 0.306 e. The lowest BCUT2D eigenvalue weighted by Gasteiger charge is -2.44. The normalized spacial score (nSPS) is 29.3. The molecular weight excluding hydrogens is 1010 g/mol. The third-order valence-electron chi connectivity index (χ3n) is 18.4. The Morgan fingerprint density at radius 1 is 0.817 bits per heavy atom. The van der Waals surface area contributed by atoms with E-state index in [1.165, 1.54) is 16.7 Å². The monoisotopic (exact) mass is 1100 g/mol. The number of aliphatic hydroxyl groups is 2. The van der Waals surface area contributed by atoms with Crippen LogP contribution in [-0.4, -0.2) is 57.2 Å². The van der Waals surface area contributed by atoms with Crippen molar-refractivity contribution in [2.75, 3.05) is 0 Å². The Labute approximate surface area is 489 Å². The summed E-state index contributed by atoms with van der Waals surface area (Å²) in [5.74, 6) is 0.257. The Morgan fingerprint density at radius 2 is 1.48 bits per heavy atom. The van der Waals surface area contributed by atoms with Crippen molar-refractivity contribution < 1.29 is 24.5 Å². The van der Waals surface area contributed by atoms with E-state index in [0.29, 0.717) is 31.4 Å². The van der Waals surface area contributed by atoms with Crippen molar-refractivity contribution in [2.24, 2.45) is 43.6 Å². The van der Waals surface area contributed by atoms with E-state index in [-0.39, 0.29) is 59.3 Å². The highest BCUT2D eigenvalue weighted by Gasteiger charge is 2.51. The first kappa shape index (κ1) is 59.7. The van der Waals surface area contributed by atoms with E-state index in [1.54, 1.807) is 0 Å². The van der Waals surface area contributed by atoms with Gasteiger partial charge in [-0.05, 0) is 163 Å². The van der Waals surface area contributed by atoms with E-state index in [4.69, 9.17) is 24.5 Å². The van der Waals surface area contributed by atoms with Gasteiger partial charge in [-0.25, -0.2) is 15.0 Å². The van der Waals surface area contributed by atoms with Crippen molar-refractivity contribution in [3.8, 4) is 0 Å². The summed E-state index contributed by atoms with van der Waals surface area (Å²) < 4.78 is 12.8. The highest BCUT2D eigenvalue weighted by atomic mass is 16.5. The molecule has 9 heteroatoms. The highest BCUT2D eigenvalue weighted by Crippen LogP contribution is 2.53. The summed E-state index contributed by atoms with van der Waals surface area (Å²) in [5, 5.41) is 25.9. The molecular formula is C73H88N4O5. The molecule has 0 aromatic rings. The van der Waals surface area contributed by atoms with Gasteiger partial charge in [0.1, 0.15) is 11.9 Å². The average molecular weight is 1100 g/mol. The summed E-state index contributed by atoms with van der Waals surface area (Å²) >= 11 is 0. The molecule has 0 aromatic heterocycles. The Balaban J connectivity index is 0.817. The minimum atomic E-state index is -0.412. The molecule has 9 nitrogen and oxygen atoms in total. The molecule has 1 saturated heterocycles. The van der Waals surface area contributed by atoms with Gasteiger partial charge >= 0.3 is 5.97 Å². The fourth-order valence-electron chi connectivity index (χ4n) is 14.0. The molecule has 1 saturated carbocycles. The van der Waals surface area contributed by atoms with Gasteiger partial charge in [0.15, 0.2) is 0 Å². The van der Waals surface area contributed by atoms with Crippen LogP contribution in [0.25, 0.3) is 0 Å². The number of aliphatic imine (C=N–C) groups is 3. The van der Waals surface area contributed by atoms with E-state index >= 15 is 0 Å². The molecule has 6 aliphatic heterocycles. The largest absolute Gasteiger partial charge is 0.511 e. The summed E-state index contributed by atoms with van der Waals surface area (Å²) in [7, 11) is 0. The quantitative estimate of drug-likeness (QED) is 0.0852. The first-order chi connectivity index (χ1) is 38.8. The number of aliphatic hydroxyl groups excluding tert-OH is 2. The second-order valence-electron chi connectivity index (χ2n) is 25.8. The van der Waals surface area contributed by atoms with Crippen molar-refractivity contribution in [1.29, 1.82) is 0 Å². The zero-order valence-corrected chi connectivity index (χ0v) is 51.5. The van der Waals surface area contributed by atoms with Crippen LogP contribution in [0.4, 0.5) is 0 Å². The third-order valence-corrected chi connectivity index (χ3v) is 18.4. The van der Waals surface area contributed by atoms with Gasteiger partial charge in [0.25, 0.3) is 0 Å². The zero-order valence-electron chi connectivity index (χ0n) is 51.5. The van der Waals surface area contributed by atoms with Crippen molar-refractivity contribution in [3.63, 3.8) is 0 Å². The van der Waals surface area contributed by atoms with Crippen LogP contribution in [0.2, 0.25) is 0 Å². The van der Waals surface area contributed by atoms with Gasteiger partial charge in [0, 0.05) is 65.1 Å². The van der Waals surface area contributed by atoms with Gasteiger partial charge in [0.05, 0.1) is 52.0 Å². The molecule has 9 aliphatic rings. The lowest BCUT2D eigenvalue weighted by Crippen LogP contribution is -2.45. The van der Waals surface area contributed by atoms with E-state index < -0.39 is 5.60 Å². The Morgan fingerprint density at radius 3 is 2.16 bits per heavy atom. The number of fused-ring (bicyclic) bond motifs is 6. The fourth-order valence-corrected chi connectivity index (χ4v) is 14.0. The minimum Gasteiger partial charge on any atom is -0.511 e. The van der Waals surface area contributed by atoms with Crippen molar-refractivity contribution in [3.05, 3.63) is 223 Å². The number of hydrogen-bond acceptors (Lipinski definition) is 9. The lowest BCUT2D eigenvalue weighted by molar-refractivity contribution is -0.149. The van der Waals surface area contributed by atoms with Gasteiger partial charge in [-0.3, -0.25) is 4.79 Å². The number of carbonyl (C=O) groups excluding carboxylic acids is 1. The Kier molecular flexibility index (Phi) is 17.3. The molecule has 9 rings (SSSR count). The first-order valence-corrected chi connectivity index (χ1v) is 29.8. The number of rotatable bonds is 15. The van der Waals surface area contributed by atoms with E-state index in [2.05, 4.69) is 212 Å². The SMILES string of the molecule is C=CC1=C(C)C2=NC1=CC1=NC(=CC3=C(C)C4=C(O)CC(=C5NC(=C2)C(C)C5CCC(=O)O[C@@H]2C=C(C)C(/C=C/C(C)=C/C=C/C(C)=C/C=C/C=C(C)/C=C/C=C(\C)C5C=C6C(C)(C)C[C@H](O)CC6(C)O5)C(C)(C)C2)C4=N3)C(CC)=C1C. The smallest absolute Gasteiger partial charge is 0.306 e. The number of esters is 1. The van der Waals surface area contributed by atoms with Crippen molar-refractivity contribution in [1.82, 2.24) is 5.32 Å². The van der Waals surface area contributed by atoms with Crippen LogP contribution in [0, 0.1) is 28.6 Å². The van der Waals surface area contributed by atoms with Gasteiger partial charge in [-0.15, -0.1) is 0 Å². The second kappa shape index (κ2) is 23.7.